The largest absolute Gasteiger partial charge is 0.313 e. The Kier molecular flexibility index (Phi) is 5.95. The fourth-order valence-corrected chi connectivity index (χ4v) is 3.91. The molecular weight excluding hydrogens is 425 g/mol. The van der Waals surface area contributed by atoms with Crippen LogP contribution in [0.4, 0.5) is 23.9 Å². The van der Waals surface area contributed by atoms with E-state index < -0.39 is 29.3 Å². The third-order valence-electron chi connectivity index (χ3n) is 4.10. The number of thiophene rings is 1. The lowest BCUT2D eigenvalue weighted by Crippen LogP contribution is -2.27. The summed E-state index contributed by atoms with van der Waals surface area (Å²) in [5, 5.41) is 2.91. The van der Waals surface area contributed by atoms with Crippen LogP contribution >= 0.6 is 22.9 Å². The molecule has 0 bridgehead atoms. The maximum Gasteiger partial charge on any atom is 0.268 e. The summed E-state index contributed by atoms with van der Waals surface area (Å²) < 4.78 is 40.6. The number of amides is 2. The Bertz CT molecular complexity index is 1120. The smallest absolute Gasteiger partial charge is 0.268 e. The van der Waals surface area contributed by atoms with Crippen LogP contribution < -0.4 is 10.2 Å². The van der Waals surface area contributed by atoms with Crippen LogP contribution in [0.15, 0.2) is 42.5 Å². The fraction of sp³-hybridized carbons (Fsp3) is 0.100. The molecule has 0 fully saturated rings. The summed E-state index contributed by atoms with van der Waals surface area (Å²) in [5.74, 6) is -3.11. The van der Waals surface area contributed by atoms with Gasteiger partial charge in [0.1, 0.15) is 17.5 Å². The molecule has 2 aromatic carbocycles. The second kappa shape index (κ2) is 8.26. The van der Waals surface area contributed by atoms with Crippen molar-refractivity contribution in [1.82, 2.24) is 0 Å². The first-order valence-electron chi connectivity index (χ1n) is 8.27. The highest BCUT2D eigenvalue weighted by atomic mass is 35.5. The molecule has 3 aromatic rings. The first-order chi connectivity index (χ1) is 13.7. The van der Waals surface area contributed by atoms with Crippen LogP contribution in [0.25, 0.3) is 0 Å². The predicted molar refractivity (Wildman–Crippen MR) is 108 cm³/mol. The second-order valence-corrected chi connectivity index (χ2v) is 7.62. The van der Waals surface area contributed by atoms with E-state index in [0.717, 1.165) is 46.6 Å². The molecule has 0 aliphatic rings. The van der Waals surface area contributed by atoms with Gasteiger partial charge >= 0.3 is 0 Å². The number of hydrogen-bond acceptors (Lipinski definition) is 3. The van der Waals surface area contributed by atoms with Crippen LogP contribution in [0.2, 0.25) is 5.02 Å². The van der Waals surface area contributed by atoms with E-state index in [-0.39, 0.29) is 21.2 Å². The highest BCUT2D eigenvalue weighted by molar-refractivity contribution is 7.18. The molecule has 1 heterocycles. The van der Waals surface area contributed by atoms with Gasteiger partial charge in [0.25, 0.3) is 11.8 Å². The summed E-state index contributed by atoms with van der Waals surface area (Å²) in [6.45, 7) is 1.65. The predicted octanol–water partition coefficient (Wildman–Crippen LogP) is 5.66. The van der Waals surface area contributed by atoms with E-state index in [0.29, 0.717) is 10.6 Å². The van der Waals surface area contributed by atoms with Gasteiger partial charge in [0.05, 0.1) is 26.2 Å². The maximum atomic E-state index is 14.0. The van der Waals surface area contributed by atoms with Gasteiger partial charge in [0, 0.05) is 13.1 Å². The molecule has 0 aliphatic heterocycles. The molecule has 29 heavy (non-hydrogen) atoms. The molecule has 1 aromatic heterocycles. The van der Waals surface area contributed by atoms with Gasteiger partial charge in [-0.15, -0.1) is 11.3 Å². The Morgan fingerprint density at radius 3 is 2.38 bits per heavy atom. The third-order valence-corrected chi connectivity index (χ3v) is 5.55. The number of nitrogens with one attached hydrogen (secondary N) is 1. The summed E-state index contributed by atoms with van der Waals surface area (Å²) >= 11 is 6.87. The summed E-state index contributed by atoms with van der Waals surface area (Å²) in [6, 6.07) is 7.78. The fourth-order valence-electron chi connectivity index (χ4n) is 2.61. The monoisotopic (exact) mass is 438 g/mol. The summed E-state index contributed by atoms with van der Waals surface area (Å²) in [7, 11) is 1.33. The zero-order chi connectivity index (χ0) is 21.3. The van der Waals surface area contributed by atoms with Crippen molar-refractivity contribution < 1.29 is 22.8 Å². The van der Waals surface area contributed by atoms with Gasteiger partial charge in [-0.1, -0.05) is 11.6 Å². The molecule has 4 nitrogen and oxygen atoms in total. The molecule has 1 N–H and O–H groups in total. The summed E-state index contributed by atoms with van der Waals surface area (Å²) in [5.41, 5.74) is 0.418. The van der Waals surface area contributed by atoms with E-state index in [1.807, 2.05) is 0 Å². The summed E-state index contributed by atoms with van der Waals surface area (Å²) in [6.07, 6.45) is 0. The van der Waals surface area contributed by atoms with Gasteiger partial charge in [-0.25, -0.2) is 13.2 Å². The summed E-state index contributed by atoms with van der Waals surface area (Å²) in [4.78, 5) is 26.4. The number of halogens is 4. The van der Waals surface area contributed by atoms with Crippen molar-refractivity contribution in [3.05, 3.63) is 80.9 Å². The number of rotatable bonds is 4. The van der Waals surface area contributed by atoms with Crippen LogP contribution in [0.3, 0.4) is 0 Å². The number of carbonyl (C=O) groups is 2. The number of hydrogen-bond donors (Lipinski definition) is 1. The Hall–Kier alpha value is -2.84. The van der Waals surface area contributed by atoms with Gasteiger partial charge in [0.15, 0.2) is 0 Å². The minimum Gasteiger partial charge on any atom is -0.313 e. The molecule has 2 amide bonds. The number of anilines is 2. The molecular formula is C20H14ClF3N2O2S. The Labute approximate surface area is 173 Å². The molecule has 0 saturated heterocycles. The van der Waals surface area contributed by atoms with E-state index in [1.165, 1.54) is 13.1 Å². The quantitative estimate of drug-likeness (QED) is 0.571. The van der Waals surface area contributed by atoms with Crippen molar-refractivity contribution in [2.45, 2.75) is 6.92 Å². The first-order valence-corrected chi connectivity index (χ1v) is 9.46. The molecule has 0 atom stereocenters. The second-order valence-electron chi connectivity index (χ2n) is 6.16. The van der Waals surface area contributed by atoms with Gasteiger partial charge < -0.3 is 10.2 Å². The topological polar surface area (TPSA) is 49.4 Å². The van der Waals surface area contributed by atoms with Gasteiger partial charge in [-0.05, 0) is 48.9 Å². The number of benzene rings is 2. The average Bonchev–Trinajstić information content (AvgIpc) is 3.02. The highest BCUT2D eigenvalue weighted by Crippen LogP contribution is 2.30. The number of nitrogens with zero attached hydrogens (tertiary/aromatic N) is 1. The van der Waals surface area contributed by atoms with Crippen LogP contribution in [0, 0.1) is 24.4 Å². The van der Waals surface area contributed by atoms with Gasteiger partial charge in [-0.2, -0.15) is 0 Å². The molecule has 150 valence electrons. The molecule has 0 spiro atoms. The van der Waals surface area contributed by atoms with Crippen LogP contribution in [-0.4, -0.2) is 18.9 Å². The molecule has 0 aliphatic carbocycles. The SMILES string of the molecule is Cc1cc(NC(=O)c2ccc(F)cc2Cl)sc1C(=O)N(C)c1cc(F)ccc1F. The van der Waals surface area contributed by atoms with Crippen molar-refractivity contribution in [1.29, 1.82) is 0 Å². The van der Waals surface area contributed by atoms with Crippen LogP contribution in [0.5, 0.6) is 0 Å². The van der Waals surface area contributed by atoms with Crippen molar-refractivity contribution >= 4 is 45.4 Å². The zero-order valence-electron chi connectivity index (χ0n) is 15.2. The van der Waals surface area contributed by atoms with Gasteiger partial charge in [0.2, 0.25) is 0 Å². The molecule has 3 rings (SSSR count). The lowest BCUT2D eigenvalue weighted by atomic mass is 10.2. The molecule has 0 radical (unpaired) electrons. The Morgan fingerprint density at radius 1 is 1.03 bits per heavy atom. The van der Waals surface area contributed by atoms with Crippen molar-refractivity contribution in [3.63, 3.8) is 0 Å². The average molecular weight is 439 g/mol. The van der Waals surface area contributed by atoms with Crippen LogP contribution in [-0.2, 0) is 0 Å². The Morgan fingerprint density at radius 2 is 1.69 bits per heavy atom. The van der Waals surface area contributed by atoms with Crippen molar-refractivity contribution in [2.75, 3.05) is 17.3 Å². The van der Waals surface area contributed by atoms with Crippen LogP contribution in [0.1, 0.15) is 25.6 Å². The van der Waals surface area contributed by atoms with E-state index >= 15 is 0 Å². The van der Waals surface area contributed by atoms with E-state index in [9.17, 15) is 22.8 Å². The van der Waals surface area contributed by atoms with Crippen molar-refractivity contribution in [3.8, 4) is 0 Å². The number of carbonyl (C=O) groups excluding carboxylic acids is 2. The first kappa shape index (κ1) is 20.9. The van der Waals surface area contributed by atoms with Gasteiger partial charge in [-0.3, -0.25) is 9.59 Å². The Balaban J connectivity index is 1.83. The minimum atomic E-state index is -0.740. The lowest BCUT2D eigenvalue weighted by Gasteiger charge is -2.17. The molecule has 0 unspecified atom stereocenters. The van der Waals surface area contributed by atoms with E-state index in [1.54, 1.807) is 13.0 Å². The van der Waals surface area contributed by atoms with E-state index in [2.05, 4.69) is 5.32 Å². The normalized spacial score (nSPS) is 10.7. The van der Waals surface area contributed by atoms with Crippen molar-refractivity contribution in [2.24, 2.45) is 0 Å². The van der Waals surface area contributed by atoms with E-state index in [4.69, 9.17) is 11.6 Å². The number of aryl methyl sites for hydroxylation is 1. The molecule has 0 saturated carbocycles. The lowest BCUT2D eigenvalue weighted by molar-refractivity contribution is 0.0993. The third kappa shape index (κ3) is 4.44. The minimum absolute atomic E-state index is 0.0478. The maximum absolute atomic E-state index is 14.0. The molecule has 9 heteroatoms. The highest BCUT2D eigenvalue weighted by Gasteiger charge is 2.22. The standard InChI is InChI=1S/C20H14ClF3N2O2S/c1-10-7-17(25-19(27)13-5-3-11(22)8-14(13)21)29-18(10)20(28)26(2)16-9-12(23)4-6-15(16)24/h3-9H,1-2H3,(H,25,27). The zero-order valence-corrected chi connectivity index (χ0v) is 16.8.